The number of nitrogens with zero attached hydrogens (tertiary/aromatic N) is 1. The van der Waals surface area contributed by atoms with Gasteiger partial charge in [0.05, 0.1) is 23.9 Å². The van der Waals surface area contributed by atoms with Crippen LogP contribution in [0.4, 0.5) is 0 Å². The summed E-state index contributed by atoms with van der Waals surface area (Å²) in [6.07, 6.45) is 1.24. The third kappa shape index (κ3) is 5.59. The summed E-state index contributed by atoms with van der Waals surface area (Å²) in [5.74, 6) is -0.463. The number of methoxy groups -OCH3 is 1. The number of hydrogen-bond donors (Lipinski definition) is 1. The molecule has 1 N–H and O–H groups in total. The van der Waals surface area contributed by atoms with E-state index < -0.39 is 16.0 Å². The number of nitrogens with one attached hydrogen (secondary N) is 1. The highest BCUT2D eigenvalue weighted by Crippen LogP contribution is 2.32. The molecule has 0 saturated heterocycles. The molecule has 0 fully saturated rings. The van der Waals surface area contributed by atoms with Crippen LogP contribution in [-0.4, -0.2) is 27.6 Å². The fraction of sp³-hybridized carbons (Fsp3) is 0.0909. The van der Waals surface area contributed by atoms with Gasteiger partial charge in [-0.15, -0.1) is 0 Å². The van der Waals surface area contributed by atoms with Gasteiger partial charge < -0.3 is 8.92 Å². The van der Waals surface area contributed by atoms with Crippen LogP contribution in [0, 0.1) is 6.92 Å². The van der Waals surface area contributed by atoms with Crippen LogP contribution in [0.25, 0.3) is 0 Å². The zero-order valence-electron chi connectivity index (χ0n) is 17.0. The predicted molar refractivity (Wildman–Crippen MR) is 124 cm³/mol. The molecule has 0 aliphatic heterocycles. The first-order valence-electron chi connectivity index (χ1n) is 9.18. The van der Waals surface area contributed by atoms with E-state index >= 15 is 0 Å². The molecule has 3 rings (SSSR count). The van der Waals surface area contributed by atoms with E-state index in [1.807, 2.05) is 6.92 Å². The monoisotopic (exact) mass is 492 g/mol. The van der Waals surface area contributed by atoms with Gasteiger partial charge >= 0.3 is 10.1 Å². The van der Waals surface area contributed by atoms with Crippen molar-refractivity contribution < 1.29 is 22.1 Å². The van der Waals surface area contributed by atoms with Crippen LogP contribution in [0.3, 0.4) is 0 Å². The minimum absolute atomic E-state index is 0.0115. The summed E-state index contributed by atoms with van der Waals surface area (Å²) >= 11 is 11.9. The van der Waals surface area contributed by atoms with Crippen molar-refractivity contribution in [2.75, 3.05) is 7.11 Å². The smallest absolute Gasteiger partial charge is 0.339 e. The number of halogens is 2. The molecular weight excluding hydrogens is 475 g/mol. The number of rotatable bonds is 7. The van der Waals surface area contributed by atoms with E-state index in [9.17, 15) is 13.2 Å². The molecule has 0 aromatic heterocycles. The Hall–Kier alpha value is -3.07. The lowest BCUT2D eigenvalue weighted by atomic mass is 10.2. The number of benzene rings is 3. The number of aryl methyl sites for hydroxylation is 1. The van der Waals surface area contributed by atoms with Crippen molar-refractivity contribution in [1.82, 2.24) is 5.43 Å². The van der Waals surface area contributed by atoms with Crippen LogP contribution in [0.15, 0.2) is 70.7 Å². The molecule has 0 radical (unpaired) electrons. The number of para-hydroxylation sites is 1. The molecule has 1 amide bonds. The predicted octanol–water partition coefficient (Wildman–Crippen LogP) is 4.84. The number of carbonyl (C=O) groups excluding carboxylic acids is 1. The molecule has 3 aromatic rings. The van der Waals surface area contributed by atoms with Crippen molar-refractivity contribution in [2.24, 2.45) is 5.10 Å². The highest BCUT2D eigenvalue weighted by Gasteiger charge is 2.21. The number of hydrazone groups is 1. The Balaban J connectivity index is 1.86. The van der Waals surface area contributed by atoms with E-state index in [0.717, 1.165) is 5.56 Å². The second-order valence-corrected chi connectivity index (χ2v) is 8.94. The van der Waals surface area contributed by atoms with Gasteiger partial charge in [0.2, 0.25) is 0 Å². The summed E-state index contributed by atoms with van der Waals surface area (Å²) in [5, 5.41) is 4.44. The molecular formula is C22H18Cl2N2O5S. The Bertz CT molecular complexity index is 1280. The lowest BCUT2D eigenvalue weighted by Crippen LogP contribution is -2.18. The van der Waals surface area contributed by atoms with Crippen molar-refractivity contribution in [1.29, 1.82) is 0 Å². The van der Waals surface area contributed by atoms with Gasteiger partial charge in [0.25, 0.3) is 5.91 Å². The van der Waals surface area contributed by atoms with Gasteiger partial charge in [-0.3, -0.25) is 4.79 Å². The molecule has 0 saturated carbocycles. The third-order valence-electron chi connectivity index (χ3n) is 4.28. The van der Waals surface area contributed by atoms with Crippen molar-refractivity contribution in [3.63, 3.8) is 0 Å². The van der Waals surface area contributed by atoms with Crippen LogP contribution < -0.4 is 14.3 Å². The second kappa shape index (κ2) is 10.0. The number of ether oxygens (including phenoxy) is 1. The molecule has 0 bridgehead atoms. The lowest BCUT2D eigenvalue weighted by molar-refractivity contribution is 0.0955. The molecule has 0 aliphatic rings. The zero-order chi connectivity index (χ0) is 23.3. The minimum Gasteiger partial charge on any atom is -0.493 e. The first-order chi connectivity index (χ1) is 15.2. The molecule has 7 nitrogen and oxygen atoms in total. The Kier molecular flexibility index (Phi) is 7.40. The second-order valence-electron chi connectivity index (χ2n) is 6.55. The van der Waals surface area contributed by atoms with Gasteiger partial charge in [-0.05, 0) is 49.4 Å². The van der Waals surface area contributed by atoms with E-state index in [1.165, 1.54) is 43.7 Å². The maximum Gasteiger partial charge on any atom is 0.339 e. The lowest BCUT2D eigenvalue weighted by Gasteiger charge is -2.13. The van der Waals surface area contributed by atoms with Crippen LogP contribution in [0.5, 0.6) is 11.5 Å². The summed E-state index contributed by atoms with van der Waals surface area (Å²) in [7, 11) is -2.76. The van der Waals surface area contributed by atoms with Crippen molar-refractivity contribution >= 4 is 45.4 Å². The van der Waals surface area contributed by atoms with Gasteiger partial charge in [0.15, 0.2) is 11.5 Å². The summed E-state index contributed by atoms with van der Waals surface area (Å²) in [5.41, 5.74) is 3.68. The Morgan fingerprint density at radius 2 is 1.78 bits per heavy atom. The molecule has 0 heterocycles. The Morgan fingerprint density at radius 1 is 1.06 bits per heavy atom. The van der Waals surface area contributed by atoms with E-state index in [1.54, 1.807) is 30.3 Å². The highest BCUT2D eigenvalue weighted by molar-refractivity contribution is 7.87. The fourth-order valence-electron chi connectivity index (χ4n) is 2.64. The number of hydrogen-bond acceptors (Lipinski definition) is 6. The summed E-state index contributed by atoms with van der Waals surface area (Å²) in [4.78, 5) is 12.3. The van der Waals surface area contributed by atoms with E-state index in [2.05, 4.69) is 10.5 Å². The Morgan fingerprint density at radius 3 is 2.44 bits per heavy atom. The summed E-state index contributed by atoms with van der Waals surface area (Å²) in [6, 6.07) is 15.4. The third-order valence-corrected chi connectivity index (χ3v) is 6.06. The van der Waals surface area contributed by atoms with Crippen LogP contribution in [0.2, 0.25) is 10.0 Å². The van der Waals surface area contributed by atoms with Gasteiger partial charge in [-0.25, -0.2) is 5.43 Å². The SMILES string of the molecule is COc1cccc(/C=N\NC(=O)c2ccc(Cl)cc2Cl)c1OS(=O)(=O)c1ccc(C)cc1. The van der Waals surface area contributed by atoms with E-state index in [4.69, 9.17) is 32.1 Å². The topological polar surface area (TPSA) is 94.1 Å². The fourth-order valence-corrected chi connectivity index (χ4v) is 4.10. The first-order valence-corrected chi connectivity index (χ1v) is 11.3. The molecule has 166 valence electrons. The number of amides is 1. The molecule has 0 aliphatic carbocycles. The molecule has 0 spiro atoms. The summed E-state index contributed by atoms with van der Waals surface area (Å²) in [6.45, 7) is 1.84. The van der Waals surface area contributed by atoms with Crippen LogP contribution >= 0.6 is 23.2 Å². The average molecular weight is 493 g/mol. The minimum atomic E-state index is -4.14. The van der Waals surface area contributed by atoms with Gasteiger partial charge in [-0.2, -0.15) is 13.5 Å². The largest absolute Gasteiger partial charge is 0.493 e. The van der Waals surface area contributed by atoms with Crippen molar-refractivity contribution in [3.05, 3.63) is 87.4 Å². The number of carbonyl (C=O) groups is 1. The van der Waals surface area contributed by atoms with Crippen LogP contribution in [0.1, 0.15) is 21.5 Å². The molecule has 0 atom stereocenters. The van der Waals surface area contributed by atoms with Crippen molar-refractivity contribution in [3.8, 4) is 11.5 Å². The first kappa shape index (κ1) is 23.6. The quantitative estimate of drug-likeness (QED) is 0.289. The molecule has 10 heteroatoms. The van der Waals surface area contributed by atoms with Gasteiger partial charge in [0.1, 0.15) is 4.90 Å². The van der Waals surface area contributed by atoms with E-state index in [0.29, 0.717) is 5.02 Å². The summed E-state index contributed by atoms with van der Waals surface area (Å²) < 4.78 is 36.1. The van der Waals surface area contributed by atoms with E-state index in [-0.39, 0.29) is 32.5 Å². The maximum atomic E-state index is 12.7. The molecule has 3 aromatic carbocycles. The van der Waals surface area contributed by atoms with Gasteiger partial charge in [0, 0.05) is 10.6 Å². The average Bonchev–Trinajstić information content (AvgIpc) is 2.74. The zero-order valence-corrected chi connectivity index (χ0v) is 19.3. The normalized spacial score (nSPS) is 11.4. The van der Waals surface area contributed by atoms with Crippen LogP contribution in [-0.2, 0) is 10.1 Å². The standard InChI is InChI=1S/C22H18Cl2N2O5S/c1-14-6-9-17(10-7-14)32(28,29)31-21-15(4-3-5-20(21)30-2)13-25-26-22(27)18-11-8-16(23)12-19(18)24/h3-13H,1-2H3,(H,26,27)/b25-13-. The van der Waals surface area contributed by atoms with Gasteiger partial charge in [-0.1, -0.05) is 47.0 Å². The maximum absolute atomic E-state index is 12.7. The van der Waals surface area contributed by atoms with Crippen molar-refractivity contribution in [2.45, 2.75) is 11.8 Å². The molecule has 0 unspecified atom stereocenters. The highest BCUT2D eigenvalue weighted by atomic mass is 35.5. The molecule has 32 heavy (non-hydrogen) atoms. The Labute approximate surface area is 195 Å².